The highest BCUT2D eigenvalue weighted by atomic mass is 19.1. The number of hydrogen-bond acceptors (Lipinski definition) is 5. The second kappa shape index (κ2) is 9.18. The standard InChI is InChI=1S/C28H33FN4O3/c1-36-20-6-7-21-23(12-20)31-26-24(16-34)33(15-18-4-2-3-5-22(18)29)17-28(25(21)26)8-10-32(11-9-28)27(35)19-13-30-14-19/h2-7,12,19,24,30-31,34H,8-11,13-17H2,1H3. The van der Waals surface area contributed by atoms with E-state index in [0.717, 1.165) is 48.3 Å². The molecule has 190 valence electrons. The summed E-state index contributed by atoms with van der Waals surface area (Å²) in [6.45, 7) is 3.98. The van der Waals surface area contributed by atoms with Crippen LogP contribution in [0, 0.1) is 11.7 Å². The van der Waals surface area contributed by atoms with Crippen molar-refractivity contribution < 1.29 is 19.0 Å². The molecule has 1 unspecified atom stereocenters. The molecule has 0 saturated carbocycles. The Bertz CT molecular complexity index is 1280. The van der Waals surface area contributed by atoms with Crippen LogP contribution in [0.25, 0.3) is 10.9 Å². The lowest BCUT2D eigenvalue weighted by Crippen LogP contribution is -2.57. The lowest BCUT2D eigenvalue weighted by molar-refractivity contribution is -0.139. The number of piperidine rings is 1. The fraction of sp³-hybridized carbons (Fsp3) is 0.464. The molecule has 2 aromatic carbocycles. The van der Waals surface area contributed by atoms with Gasteiger partial charge in [-0.1, -0.05) is 18.2 Å². The normalized spacial score (nSPS) is 22.0. The summed E-state index contributed by atoms with van der Waals surface area (Å²) in [4.78, 5) is 20.8. The zero-order chi connectivity index (χ0) is 24.9. The van der Waals surface area contributed by atoms with Crippen LogP contribution in [0.15, 0.2) is 42.5 Å². The number of hydrogen-bond donors (Lipinski definition) is 3. The molecule has 36 heavy (non-hydrogen) atoms. The van der Waals surface area contributed by atoms with Crippen molar-refractivity contribution in [1.29, 1.82) is 0 Å². The minimum atomic E-state index is -0.274. The van der Waals surface area contributed by atoms with E-state index in [1.54, 1.807) is 13.2 Å². The average Bonchev–Trinajstić information content (AvgIpc) is 3.24. The van der Waals surface area contributed by atoms with Crippen molar-refractivity contribution in [3.63, 3.8) is 0 Å². The summed E-state index contributed by atoms with van der Waals surface area (Å²) in [5.41, 5.74) is 3.63. The van der Waals surface area contributed by atoms with Crippen molar-refractivity contribution in [2.45, 2.75) is 30.8 Å². The molecule has 3 aromatic rings. The van der Waals surface area contributed by atoms with E-state index in [9.17, 15) is 14.3 Å². The number of aromatic amines is 1. The fourth-order valence-corrected chi connectivity index (χ4v) is 6.41. The molecule has 0 aliphatic carbocycles. The number of aliphatic hydroxyl groups excluding tert-OH is 1. The molecular weight excluding hydrogens is 459 g/mol. The van der Waals surface area contributed by atoms with Crippen LogP contribution in [0.1, 0.15) is 35.7 Å². The molecule has 1 amide bonds. The van der Waals surface area contributed by atoms with Crippen molar-refractivity contribution in [3.05, 3.63) is 65.1 Å². The molecule has 0 radical (unpaired) electrons. The van der Waals surface area contributed by atoms with Crippen LogP contribution >= 0.6 is 0 Å². The minimum Gasteiger partial charge on any atom is -0.497 e. The Balaban J connectivity index is 1.40. The second-order valence-electron chi connectivity index (χ2n) is 10.5. The minimum absolute atomic E-state index is 0.0687. The van der Waals surface area contributed by atoms with Gasteiger partial charge >= 0.3 is 0 Å². The van der Waals surface area contributed by atoms with Crippen LogP contribution in [-0.2, 0) is 16.8 Å². The Morgan fingerprint density at radius 1 is 1.19 bits per heavy atom. The maximum atomic E-state index is 14.7. The highest BCUT2D eigenvalue weighted by molar-refractivity contribution is 5.88. The maximum absolute atomic E-state index is 14.7. The van der Waals surface area contributed by atoms with Gasteiger partial charge in [0.1, 0.15) is 11.6 Å². The van der Waals surface area contributed by atoms with Crippen molar-refractivity contribution in [3.8, 4) is 5.75 Å². The summed E-state index contributed by atoms with van der Waals surface area (Å²) in [6.07, 6.45) is 1.66. The van der Waals surface area contributed by atoms with E-state index in [-0.39, 0.29) is 35.7 Å². The van der Waals surface area contributed by atoms with Gasteiger partial charge in [-0.25, -0.2) is 4.39 Å². The van der Waals surface area contributed by atoms with Gasteiger partial charge in [0.15, 0.2) is 0 Å². The monoisotopic (exact) mass is 492 g/mol. The SMILES string of the molecule is COc1ccc2c3c([nH]c2c1)C(CO)N(Cc1ccccc1F)CC31CCN(C(=O)C2CNC2)CC1. The van der Waals surface area contributed by atoms with Gasteiger partial charge in [-0.3, -0.25) is 9.69 Å². The molecule has 8 heteroatoms. The first-order valence-electron chi connectivity index (χ1n) is 12.8. The number of carbonyl (C=O) groups excluding carboxylic acids is 1. The van der Waals surface area contributed by atoms with Gasteiger partial charge in [0, 0.05) is 72.9 Å². The Labute approximate surface area is 210 Å². The molecule has 3 aliphatic rings. The van der Waals surface area contributed by atoms with Crippen molar-refractivity contribution >= 4 is 16.8 Å². The number of H-pyrrole nitrogens is 1. The predicted molar refractivity (Wildman–Crippen MR) is 135 cm³/mol. The van der Waals surface area contributed by atoms with E-state index in [1.165, 1.54) is 11.6 Å². The number of nitrogens with zero attached hydrogens (tertiary/aromatic N) is 2. The lowest BCUT2D eigenvalue weighted by atomic mass is 9.68. The van der Waals surface area contributed by atoms with Gasteiger partial charge in [-0.15, -0.1) is 0 Å². The zero-order valence-electron chi connectivity index (χ0n) is 20.6. The number of halogens is 1. The molecule has 1 spiro atoms. The Morgan fingerprint density at radius 2 is 1.97 bits per heavy atom. The van der Waals surface area contributed by atoms with Crippen molar-refractivity contribution in [1.82, 2.24) is 20.1 Å². The Kier molecular flexibility index (Phi) is 5.98. The van der Waals surface area contributed by atoms with E-state index in [4.69, 9.17) is 4.74 Å². The summed E-state index contributed by atoms with van der Waals surface area (Å²) in [5.74, 6) is 0.885. The largest absolute Gasteiger partial charge is 0.497 e. The van der Waals surface area contributed by atoms with Gasteiger partial charge in [-0.2, -0.15) is 0 Å². The molecule has 2 fully saturated rings. The van der Waals surface area contributed by atoms with E-state index >= 15 is 0 Å². The van der Waals surface area contributed by atoms with Gasteiger partial charge in [0.25, 0.3) is 0 Å². The number of fused-ring (bicyclic) bond motifs is 4. The number of aliphatic hydroxyl groups is 1. The van der Waals surface area contributed by atoms with Gasteiger partial charge in [0.2, 0.25) is 5.91 Å². The number of aromatic nitrogens is 1. The predicted octanol–water partition coefficient (Wildman–Crippen LogP) is 2.94. The second-order valence-corrected chi connectivity index (χ2v) is 10.5. The summed E-state index contributed by atoms with van der Waals surface area (Å²) in [6, 6.07) is 12.7. The highest BCUT2D eigenvalue weighted by Gasteiger charge is 2.48. The molecule has 2 saturated heterocycles. The number of nitrogens with one attached hydrogen (secondary N) is 2. The summed E-state index contributed by atoms with van der Waals surface area (Å²) in [7, 11) is 1.66. The van der Waals surface area contributed by atoms with E-state index in [2.05, 4.69) is 21.3 Å². The smallest absolute Gasteiger partial charge is 0.228 e. The topological polar surface area (TPSA) is 80.8 Å². The van der Waals surface area contributed by atoms with Gasteiger partial charge < -0.3 is 25.0 Å². The van der Waals surface area contributed by atoms with Crippen LogP contribution in [0.5, 0.6) is 5.75 Å². The third-order valence-corrected chi connectivity index (χ3v) is 8.51. The first kappa shape index (κ1) is 23.5. The number of amides is 1. The number of methoxy groups -OCH3 is 1. The van der Waals surface area contributed by atoms with Gasteiger partial charge in [-0.05, 0) is 36.6 Å². The van der Waals surface area contributed by atoms with Crippen molar-refractivity contribution in [2.75, 3.05) is 46.4 Å². The third kappa shape index (κ3) is 3.79. The molecular formula is C28H33FN4O3. The molecule has 3 N–H and O–H groups in total. The molecule has 0 bridgehead atoms. The lowest BCUT2D eigenvalue weighted by Gasteiger charge is -2.50. The number of likely N-dealkylation sites (tertiary alicyclic amines) is 1. The van der Waals surface area contributed by atoms with E-state index in [0.29, 0.717) is 31.7 Å². The summed E-state index contributed by atoms with van der Waals surface area (Å²) in [5, 5.41) is 14.9. The molecule has 7 nitrogen and oxygen atoms in total. The van der Waals surface area contributed by atoms with Crippen LogP contribution in [0.4, 0.5) is 4.39 Å². The molecule has 1 aromatic heterocycles. The number of ether oxygens (including phenoxy) is 1. The zero-order valence-corrected chi connectivity index (χ0v) is 20.6. The van der Waals surface area contributed by atoms with Crippen LogP contribution in [-0.4, -0.2) is 72.2 Å². The van der Waals surface area contributed by atoms with E-state index in [1.807, 2.05) is 29.2 Å². The number of benzene rings is 2. The van der Waals surface area contributed by atoms with E-state index < -0.39 is 0 Å². The van der Waals surface area contributed by atoms with Crippen LogP contribution < -0.4 is 10.1 Å². The van der Waals surface area contributed by atoms with Gasteiger partial charge in [0.05, 0.1) is 25.7 Å². The fourth-order valence-electron chi connectivity index (χ4n) is 6.41. The first-order chi connectivity index (χ1) is 17.5. The average molecular weight is 493 g/mol. The first-order valence-corrected chi connectivity index (χ1v) is 12.8. The quantitative estimate of drug-likeness (QED) is 0.510. The Morgan fingerprint density at radius 3 is 2.64 bits per heavy atom. The molecule has 6 rings (SSSR count). The van der Waals surface area contributed by atoms with Crippen molar-refractivity contribution in [2.24, 2.45) is 5.92 Å². The summed E-state index contributed by atoms with van der Waals surface area (Å²) < 4.78 is 20.1. The third-order valence-electron chi connectivity index (χ3n) is 8.51. The highest BCUT2D eigenvalue weighted by Crippen LogP contribution is 2.49. The molecule has 4 heterocycles. The Hall–Kier alpha value is -2.94. The summed E-state index contributed by atoms with van der Waals surface area (Å²) >= 11 is 0. The number of carbonyl (C=O) groups is 1. The van der Waals surface area contributed by atoms with Crippen LogP contribution in [0.3, 0.4) is 0 Å². The molecule has 1 atom stereocenters. The molecule has 3 aliphatic heterocycles. The van der Waals surface area contributed by atoms with Crippen LogP contribution in [0.2, 0.25) is 0 Å². The number of rotatable bonds is 5. The maximum Gasteiger partial charge on any atom is 0.228 e.